The third-order valence-corrected chi connectivity index (χ3v) is 4.61. The summed E-state index contributed by atoms with van der Waals surface area (Å²) in [5, 5.41) is 6.53. The number of aliphatic imine (C=N–C) groups is 1. The van der Waals surface area contributed by atoms with Crippen molar-refractivity contribution in [2.45, 2.75) is 26.2 Å². The first-order valence-electron chi connectivity index (χ1n) is 9.11. The highest BCUT2D eigenvalue weighted by Crippen LogP contribution is 2.21. The molecule has 0 radical (unpaired) electrons. The Hall–Kier alpha value is -2.02. The first-order valence-corrected chi connectivity index (χ1v) is 9.49. The highest BCUT2D eigenvalue weighted by molar-refractivity contribution is 6.31. The Labute approximate surface area is 160 Å². The zero-order valence-corrected chi connectivity index (χ0v) is 16.3. The van der Waals surface area contributed by atoms with Crippen LogP contribution < -0.4 is 15.4 Å². The third-order valence-electron chi connectivity index (χ3n) is 4.32. The van der Waals surface area contributed by atoms with E-state index in [-0.39, 0.29) is 5.91 Å². The Balaban J connectivity index is 1.81. The largest absolute Gasteiger partial charge is 0.475 e. The van der Waals surface area contributed by atoms with Gasteiger partial charge < -0.3 is 20.3 Å². The zero-order valence-electron chi connectivity index (χ0n) is 15.5. The average molecular weight is 382 g/mol. The third kappa shape index (κ3) is 6.37. The summed E-state index contributed by atoms with van der Waals surface area (Å²) < 4.78 is 5.58. The van der Waals surface area contributed by atoms with Crippen LogP contribution in [0.4, 0.5) is 0 Å². The molecule has 144 valence electrons. The molecule has 7 nitrogen and oxygen atoms in total. The van der Waals surface area contributed by atoms with Crippen molar-refractivity contribution < 1.29 is 9.53 Å². The number of nitrogens with zero attached hydrogens (tertiary/aromatic N) is 3. The highest BCUT2D eigenvalue weighted by atomic mass is 35.5. The van der Waals surface area contributed by atoms with Gasteiger partial charge in [-0.15, -0.1) is 0 Å². The number of guanidine groups is 1. The SMILES string of the molecule is CCNC(=NCCOc1ncccc1Cl)N1CCC(CC(=O)NC)CC1. The van der Waals surface area contributed by atoms with Crippen LogP contribution in [0, 0.1) is 5.92 Å². The van der Waals surface area contributed by atoms with Gasteiger partial charge in [0.25, 0.3) is 0 Å². The molecule has 8 heteroatoms. The van der Waals surface area contributed by atoms with Gasteiger partial charge in [-0.3, -0.25) is 4.79 Å². The van der Waals surface area contributed by atoms with Gasteiger partial charge in [0.1, 0.15) is 11.6 Å². The van der Waals surface area contributed by atoms with Crippen LogP contribution in [0.2, 0.25) is 5.02 Å². The van der Waals surface area contributed by atoms with Crippen molar-refractivity contribution in [1.29, 1.82) is 0 Å². The second-order valence-corrected chi connectivity index (χ2v) is 6.59. The average Bonchev–Trinajstić information content (AvgIpc) is 2.66. The maximum absolute atomic E-state index is 11.5. The van der Waals surface area contributed by atoms with Crippen molar-refractivity contribution in [1.82, 2.24) is 20.5 Å². The molecule has 1 aromatic rings. The molecule has 0 spiro atoms. The molecule has 1 saturated heterocycles. The molecule has 2 N–H and O–H groups in total. The molecule has 0 bridgehead atoms. The van der Waals surface area contributed by atoms with Crippen molar-refractivity contribution in [3.05, 3.63) is 23.4 Å². The summed E-state index contributed by atoms with van der Waals surface area (Å²) in [5.41, 5.74) is 0. The minimum atomic E-state index is 0.120. The van der Waals surface area contributed by atoms with Crippen molar-refractivity contribution in [3.8, 4) is 5.88 Å². The number of pyridine rings is 1. The first kappa shape index (κ1) is 20.3. The summed E-state index contributed by atoms with van der Waals surface area (Å²) in [6.07, 6.45) is 4.25. The molecule has 0 unspecified atom stereocenters. The number of hydrogen-bond donors (Lipinski definition) is 2. The van der Waals surface area contributed by atoms with Crippen LogP contribution in [0.15, 0.2) is 23.3 Å². The topological polar surface area (TPSA) is 78.9 Å². The number of carbonyl (C=O) groups is 1. The van der Waals surface area contributed by atoms with Crippen LogP contribution in [-0.2, 0) is 4.79 Å². The number of aromatic nitrogens is 1. The number of halogens is 1. The smallest absolute Gasteiger partial charge is 0.232 e. The maximum atomic E-state index is 11.5. The van der Waals surface area contributed by atoms with Crippen molar-refractivity contribution in [2.24, 2.45) is 10.9 Å². The summed E-state index contributed by atoms with van der Waals surface area (Å²) in [4.78, 5) is 22.5. The molecule has 0 aromatic carbocycles. The summed E-state index contributed by atoms with van der Waals surface area (Å²) >= 11 is 6.02. The number of likely N-dealkylation sites (tertiary alicyclic amines) is 1. The van der Waals surface area contributed by atoms with Gasteiger partial charge in [-0.05, 0) is 37.8 Å². The van der Waals surface area contributed by atoms with Gasteiger partial charge in [0.2, 0.25) is 11.8 Å². The van der Waals surface area contributed by atoms with Crippen LogP contribution in [-0.4, -0.2) is 61.6 Å². The van der Waals surface area contributed by atoms with E-state index in [0.29, 0.717) is 36.4 Å². The normalized spacial score (nSPS) is 15.7. The second-order valence-electron chi connectivity index (χ2n) is 6.18. The maximum Gasteiger partial charge on any atom is 0.232 e. The molecule has 26 heavy (non-hydrogen) atoms. The molecular weight excluding hydrogens is 354 g/mol. The lowest BCUT2D eigenvalue weighted by molar-refractivity contribution is -0.121. The fourth-order valence-corrected chi connectivity index (χ4v) is 3.09. The van der Waals surface area contributed by atoms with E-state index in [4.69, 9.17) is 16.3 Å². The molecule has 2 heterocycles. The number of piperidine rings is 1. The van der Waals surface area contributed by atoms with Crippen LogP contribution in [0.5, 0.6) is 5.88 Å². The van der Waals surface area contributed by atoms with E-state index in [9.17, 15) is 4.79 Å². The Kier molecular flexibility index (Phi) is 8.47. The minimum Gasteiger partial charge on any atom is -0.475 e. The van der Waals surface area contributed by atoms with Crippen LogP contribution in [0.3, 0.4) is 0 Å². The highest BCUT2D eigenvalue weighted by Gasteiger charge is 2.22. The molecule has 1 aliphatic heterocycles. The van der Waals surface area contributed by atoms with Crippen molar-refractivity contribution >= 4 is 23.5 Å². The van der Waals surface area contributed by atoms with Gasteiger partial charge in [0, 0.05) is 39.3 Å². The molecule has 1 amide bonds. The van der Waals surface area contributed by atoms with Crippen molar-refractivity contribution in [2.75, 3.05) is 39.8 Å². The van der Waals surface area contributed by atoms with E-state index < -0.39 is 0 Å². The number of nitrogens with one attached hydrogen (secondary N) is 2. The molecule has 0 atom stereocenters. The molecule has 0 saturated carbocycles. The Morgan fingerprint density at radius 3 is 2.88 bits per heavy atom. The monoisotopic (exact) mass is 381 g/mol. The molecule has 1 aliphatic rings. The first-order chi connectivity index (χ1) is 12.6. The predicted octanol–water partition coefficient (Wildman–Crippen LogP) is 1.93. The van der Waals surface area contributed by atoms with Gasteiger partial charge in [-0.2, -0.15) is 0 Å². The number of rotatable bonds is 7. The van der Waals surface area contributed by atoms with Gasteiger partial charge in [-0.1, -0.05) is 11.6 Å². The van der Waals surface area contributed by atoms with Crippen LogP contribution in [0.1, 0.15) is 26.2 Å². The number of amides is 1. The Morgan fingerprint density at radius 2 is 2.23 bits per heavy atom. The van der Waals surface area contributed by atoms with Crippen molar-refractivity contribution in [3.63, 3.8) is 0 Å². The molecule has 1 fully saturated rings. The lowest BCUT2D eigenvalue weighted by atomic mass is 9.93. The van der Waals surface area contributed by atoms with Gasteiger partial charge in [-0.25, -0.2) is 9.98 Å². The lowest BCUT2D eigenvalue weighted by Crippen LogP contribution is -2.46. The fraction of sp³-hybridized carbons (Fsp3) is 0.611. The second kappa shape index (κ2) is 10.9. The number of carbonyl (C=O) groups excluding carboxylic acids is 1. The van der Waals surface area contributed by atoms with E-state index >= 15 is 0 Å². The summed E-state index contributed by atoms with van der Waals surface area (Å²) in [7, 11) is 1.69. The standard InChI is InChI=1S/C18H28ClN5O2/c1-3-21-18(23-9-12-26-17-15(19)5-4-8-22-17)24-10-6-14(7-11-24)13-16(25)20-2/h4-5,8,14H,3,6-7,9-13H2,1-2H3,(H,20,25)(H,21,23). The number of hydrogen-bond acceptors (Lipinski definition) is 4. The zero-order chi connectivity index (χ0) is 18.8. The summed E-state index contributed by atoms with van der Waals surface area (Å²) in [6.45, 7) is 5.61. The van der Waals surface area contributed by atoms with E-state index in [2.05, 4.69) is 32.4 Å². The van der Waals surface area contributed by atoms with Gasteiger partial charge in [0.15, 0.2) is 5.96 Å². The van der Waals surface area contributed by atoms with Gasteiger partial charge >= 0.3 is 0 Å². The minimum absolute atomic E-state index is 0.120. The Morgan fingerprint density at radius 1 is 1.46 bits per heavy atom. The quantitative estimate of drug-likeness (QED) is 0.428. The van der Waals surface area contributed by atoms with E-state index in [1.165, 1.54) is 0 Å². The lowest BCUT2D eigenvalue weighted by Gasteiger charge is -2.34. The van der Waals surface area contributed by atoms with E-state index in [1.807, 2.05) is 0 Å². The van der Waals surface area contributed by atoms with E-state index in [1.54, 1.807) is 25.4 Å². The summed E-state index contributed by atoms with van der Waals surface area (Å²) in [6, 6.07) is 3.52. The molecule has 0 aliphatic carbocycles. The van der Waals surface area contributed by atoms with Crippen LogP contribution >= 0.6 is 11.6 Å². The molecule has 1 aromatic heterocycles. The summed E-state index contributed by atoms with van der Waals surface area (Å²) in [5.74, 6) is 1.89. The predicted molar refractivity (Wildman–Crippen MR) is 104 cm³/mol. The van der Waals surface area contributed by atoms with Crippen LogP contribution in [0.25, 0.3) is 0 Å². The van der Waals surface area contributed by atoms with Gasteiger partial charge in [0.05, 0.1) is 6.54 Å². The number of ether oxygens (including phenoxy) is 1. The Bertz CT molecular complexity index is 603. The van der Waals surface area contributed by atoms with E-state index in [0.717, 1.165) is 38.4 Å². The fourth-order valence-electron chi connectivity index (χ4n) is 2.91. The molecular formula is C18H28ClN5O2. The molecule has 2 rings (SSSR count).